The van der Waals surface area contributed by atoms with E-state index in [1.807, 2.05) is 0 Å². The van der Waals surface area contributed by atoms with E-state index in [1.54, 1.807) is 0 Å². The number of halogens is 2. The van der Waals surface area contributed by atoms with Gasteiger partial charge in [-0.05, 0) is 189 Å². The highest BCUT2D eigenvalue weighted by Crippen LogP contribution is 2.50. The minimum absolute atomic E-state index is 0.0483. The lowest BCUT2D eigenvalue weighted by atomic mass is 9.89. The second-order valence-electron chi connectivity index (χ2n) is 33.2. The van der Waals surface area contributed by atoms with Crippen molar-refractivity contribution in [3.05, 3.63) is 164 Å². The summed E-state index contributed by atoms with van der Waals surface area (Å²) in [6.07, 6.45) is -11.7. The third kappa shape index (κ3) is 23.1. The normalized spacial score (nSPS) is 25.0. The number of carbonyl (C=O) groups is 8. The Kier molecular flexibility index (Phi) is 32.2. The first-order valence-electron chi connectivity index (χ1n) is 43.0. The number of phenols is 4. The summed E-state index contributed by atoms with van der Waals surface area (Å²) in [5.41, 5.74) is 10.4. The van der Waals surface area contributed by atoms with Gasteiger partial charge in [-0.2, -0.15) is 0 Å². The highest BCUT2D eigenvalue weighted by molar-refractivity contribution is 6.32. The SMILES string of the molecule is CC(C)CCCCCCC(=O)N[C@H]1[C@H](Oc2c3cc4cc2Oc2ccc(cc2Cl)C[C@H]2NC(=O)[C@@H](N)c5ccc(O)c(c5)Oc5cc(O)cc(c5)[C@H](NC2=O)C(=O)N[C@H]4C(=O)N[C@H]2C(=O)N[C@@H](Cc4ccc(c(Cl)c4)O3)C(=O)N[C@@H](C(=O)NCCCNCCCCNCCCN)c3cc(O)cc(O[C@H]4O[C@H](CO)[C@@H](O)[C@H](O)[C@@H]4O)c3-c3cc2ccc3O)O[C@H](CO)[C@@H](O)[C@@H]1O. The average Bonchev–Trinajstić information content (AvgIpc) is 0.756. The molecule has 17 bridgehead atoms. The zero-order valence-electron chi connectivity index (χ0n) is 71.0. The number of fused-ring (bicyclic) bond motifs is 14. The quantitative estimate of drug-likeness (QED) is 0.0328. The van der Waals surface area contributed by atoms with Crippen LogP contribution in [0.4, 0.5) is 0 Å². The Morgan fingerprint density at radius 2 is 1.05 bits per heavy atom. The van der Waals surface area contributed by atoms with Crippen molar-refractivity contribution in [1.82, 2.24) is 53.2 Å². The number of ether oxygens (including phenoxy) is 7. The number of amides is 8. The van der Waals surface area contributed by atoms with Gasteiger partial charge in [0, 0.05) is 49.1 Å². The largest absolute Gasteiger partial charge is 0.508 e. The number of aromatic hydroxyl groups is 4. The fourth-order valence-corrected chi connectivity index (χ4v) is 16.6. The van der Waals surface area contributed by atoms with E-state index in [9.17, 15) is 65.8 Å². The summed E-state index contributed by atoms with van der Waals surface area (Å²) in [7, 11) is 0. The number of unbranched alkanes of at least 4 members (excludes halogenated alkanes) is 4. The van der Waals surface area contributed by atoms with Gasteiger partial charge in [0.25, 0.3) is 0 Å². The van der Waals surface area contributed by atoms with Gasteiger partial charge < -0.3 is 154 Å². The maximum atomic E-state index is 16.8. The molecule has 0 spiro atoms. The van der Waals surface area contributed by atoms with Crippen LogP contribution < -0.4 is 88.3 Å². The molecule has 2 fully saturated rings. The van der Waals surface area contributed by atoms with Crippen LogP contribution in [0.3, 0.4) is 0 Å². The number of hydrogen-bond donors (Lipinski definition) is 23. The number of rotatable bonds is 27. The van der Waals surface area contributed by atoms with E-state index in [-0.39, 0.29) is 79.4 Å². The third-order valence-corrected chi connectivity index (χ3v) is 23.7. The number of aliphatic hydroxyl groups excluding tert-OH is 7. The summed E-state index contributed by atoms with van der Waals surface area (Å²) < 4.78 is 45.0. The van der Waals surface area contributed by atoms with Gasteiger partial charge in [-0.25, -0.2) is 0 Å². The molecule has 0 saturated carbocycles. The molecule has 8 heterocycles. The van der Waals surface area contributed by atoms with Crippen LogP contribution in [0.25, 0.3) is 11.1 Å². The standard InChI is InChI=1S/C90H108Cl2N12O26/c1-42(2)11-5-3-4-6-12-68(111)100-75-78(114)76(112)66(40-105)128-89(75)130-81-64-35-48-36-65(81)126-61-20-14-44(28-55(61)92)30-57-83(118)104-74(85(120)97-26-10-25-96-23-8-7-22-95-24-9-21-93)53-38-50(108)39-63(127-90-80(116)79(115)77(113)67(41-106)129-90)69(53)52-33-46(16-17-58(52)109)71(86(121)99-57)102-88(123)73(48)103-87(122)72-47-31-49(107)37-51(32-47)124-62-34-45(15-18-59(62)110)70(94)84(119)98-56(82(117)101-72)29-43-13-19-60(125-64)54(91)27-43/h13-20,27-28,31-39,42,56-57,66-67,70-80,89-90,95-96,105-110,112-116H,3-12,21-26,29-30,40-41,93-94H2,1-2H3,(H,97,120)(H,98,119)(H,99,121)(H,100,111)(H,101,117)(H,102,123)(H,103,122)(H,104,118)/t56-,57+,66-,67-,70+,71-,72+,73-,74-,75-,76-,77-,78-,79+,80+,89+,90+/m1/s1. The molecule has 0 aromatic heterocycles. The van der Waals surface area contributed by atoms with Gasteiger partial charge in [0.05, 0.1) is 23.3 Å². The second kappa shape index (κ2) is 43.5. The molecule has 7 aromatic rings. The molecule has 698 valence electrons. The molecule has 38 nitrogen and oxygen atoms in total. The van der Waals surface area contributed by atoms with E-state index in [4.69, 9.17) is 67.8 Å². The summed E-state index contributed by atoms with van der Waals surface area (Å²) in [5.74, 6) is -14.2. The molecule has 15 rings (SSSR count). The lowest BCUT2D eigenvalue weighted by Gasteiger charge is -2.42. The first-order valence-corrected chi connectivity index (χ1v) is 43.8. The van der Waals surface area contributed by atoms with Gasteiger partial charge in [0.15, 0.2) is 23.0 Å². The van der Waals surface area contributed by atoms with Gasteiger partial charge in [-0.1, -0.05) is 87.0 Å². The van der Waals surface area contributed by atoms with E-state index >= 15 is 28.8 Å². The molecule has 8 aliphatic heterocycles. The highest BCUT2D eigenvalue weighted by Gasteiger charge is 2.50. The topological polar surface area (TPSA) is 596 Å². The third-order valence-electron chi connectivity index (χ3n) is 23.1. The Labute approximate surface area is 756 Å². The van der Waals surface area contributed by atoms with E-state index in [0.717, 1.165) is 106 Å². The van der Waals surface area contributed by atoms with Crippen LogP contribution in [0.1, 0.15) is 147 Å². The van der Waals surface area contributed by atoms with Gasteiger partial charge in [0.2, 0.25) is 65.6 Å². The number of nitrogens with two attached hydrogens (primary N) is 2. The summed E-state index contributed by atoms with van der Waals surface area (Å²) in [6.45, 7) is 5.40. The summed E-state index contributed by atoms with van der Waals surface area (Å²) in [5, 5.41) is 154. The zero-order chi connectivity index (χ0) is 92.9. The Balaban J connectivity index is 1.01. The van der Waals surface area contributed by atoms with Crippen LogP contribution in [0.15, 0.2) is 115 Å². The number of benzene rings is 7. The van der Waals surface area contributed by atoms with Crippen molar-refractivity contribution in [2.45, 2.75) is 195 Å². The summed E-state index contributed by atoms with van der Waals surface area (Å²) in [4.78, 5) is 125. The molecule has 0 aliphatic carbocycles. The van der Waals surface area contributed by atoms with Crippen molar-refractivity contribution >= 4 is 70.5 Å². The Bertz CT molecular complexity index is 5290. The smallest absolute Gasteiger partial charge is 0.248 e. The van der Waals surface area contributed by atoms with Gasteiger partial charge in [-0.15, -0.1) is 0 Å². The number of nitrogens with one attached hydrogen (secondary N) is 10. The first-order chi connectivity index (χ1) is 62.3. The van der Waals surface area contributed by atoms with Crippen molar-refractivity contribution in [3.63, 3.8) is 0 Å². The molecule has 40 heteroatoms. The Morgan fingerprint density at radius 1 is 0.500 bits per heavy atom. The van der Waals surface area contributed by atoms with Crippen LogP contribution in [-0.2, 0) is 60.7 Å². The monoisotopic (exact) mass is 1840 g/mol. The fourth-order valence-electron chi connectivity index (χ4n) is 16.1. The van der Waals surface area contributed by atoms with Crippen LogP contribution in [0.2, 0.25) is 10.0 Å². The number of carbonyl (C=O) groups excluding carboxylic acids is 8. The van der Waals surface area contributed by atoms with Crippen molar-refractivity contribution < 1.29 is 128 Å². The van der Waals surface area contributed by atoms with Crippen LogP contribution >= 0.6 is 23.2 Å². The highest BCUT2D eigenvalue weighted by atomic mass is 35.5. The average molecular weight is 1840 g/mol. The minimum atomic E-state index is -2.35. The maximum absolute atomic E-state index is 16.8. The summed E-state index contributed by atoms with van der Waals surface area (Å²) in [6, 6.07) is 7.30. The van der Waals surface area contributed by atoms with E-state index in [1.165, 1.54) is 60.7 Å². The van der Waals surface area contributed by atoms with Crippen LogP contribution in [-0.4, -0.2) is 229 Å². The first kappa shape index (κ1) is 96.1. The number of aliphatic hydroxyl groups is 7. The molecule has 8 aliphatic rings. The molecule has 8 amide bonds. The lowest BCUT2D eigenvalue weighted by molar-refractivity contribution is -0.277. The fraction of sp³-hybridized carbons (Fsp3) is 0.444. The second-order valence-corrected chi connectivity index (χ2v) is 34.0. The Hall–Kier alpha value is -11.4. The van der Waals surface area contributed by atoms with E-state index in [2.05, 4.69) is 67.0 Å². The van der Waals surface area contributed by atoms with Crippen molar-refractivity contribution in [2.24, 2.45) is 17.4 Å². The molecular formula is C90H108Cl2N12O26. The van der Waals surface area contributed by atoms with Crippen molar-refractivity contribution in [3.8, 4) is 80.1 Å². The molecule has 0 unspecified atom stereocenters. The van der Waals surface area contributed by atoms with Gasteiger partial charge in [0.1, 0.15) is 131 Å². The Morgan fingerprint density at radius 3 is 1.68 bits per heavy atom. The predicted octanol–water partition coefficient (Wildman–Crippen LogP) is 3.29. The predicted molar refractivity (Wildman–Crippen MR) is 466 cm³/mol. The summed E-state index contributed by atoms with van der Waals surface area (Å²) >= 11 is 14.6. The lowest BCUT2D eigenvalue weighted by Crippen LogP contribution is -2.65. The molecule has 7 aromatic carbocycles. The minimum Gasteiger partial charge on any atom is -0.508 e. The molecule has 130 heavy (non-hydrogen) atoms. The van der Waals surface area contributed by atoms with E-state index < -0.39 is 240 Å². The zero-order valence-corrected chi connectivity index (χ0v) is 72.5. The molecule has 2 saturated heterocycles. The number of hydrogen-bond acceptors (Lipinski definition) is 30. The van der Waals surface area contributed by atoms with Gasteiger partial charge >= 0.3 is 0 Å². The molecule has 17 atom stereocenters. The van der Waals surface area contributed by atoms with Crippen molar-refractivity contribution in [2.75, 3.05) is 52.5 Å². The van der Waals surface area contributed by atoms with E-state index in [0.29, 0.717) is 44.8 Å². The maximum Gasteiger partial charge on any atom is 0.248 e. The van der Waals surface area contributed by atoms with Crippen molar-refractivity contribution in [1.29, 1.82) is 0 Å². The molecule has 25 N–H and O–H groups in total. The molecule has 0 radical (unpaired) electrons. The van der Waals surface area contributed by atoms with Crippen LogP contribution in [0.5, 0.6) is 69.0 Å². The molecular weight excluding hydrogens is 1740 g/mol. The van der Waals surface area contributed by atoms with Crippen LogP contribution in [0, 0.1) is 5.92 Å². The number of phenolic OH excluding ortho intramolecular Hbond substituents is 4. The van der Waals surface area contributed by atoms with Gasteiger partial charge in [-0.3, -0.25) is 38.4 Å².